The van der Waals surface area contributed by atoms with Gasteiger partial charge in [-0.2, -0.15) is 0 Å². The van der Waals surface area contributed by atoms with Gasteiger partial charge in [-0.1, -0.05) is 20.3 Å². The Balaban J connectivity index is 2.28. The number of nitrogens with zero attached hydrogens (tertiary/aromatic N) is 1. The van der Waals surface area contributed by atoms with E-state index >= 15 is 0 Å². The van der Waals surface area contributed by atoms with E-state index in [1.165, 1.54) is 32.2 Å². The van der Waals surface area contributed by atoms with Crippen LogP contribution in [-0.4, -0.2) is 37.6 Å². The Bertz CT molecular complexity index is 191. The van der Waals surface area contributed by atoms with Gasteiger partial charge in [0, 0.05) is 12.1 Å². The van der Waals surface area contributed by atoms with Gasteiger partial charge in [-0.15, -0.1) is 0 Å². The highest BCUT2D eigenvalue weighted by molar-refractivity contribution is 4.83. The molecule has 0 amide bonds. The summed E-state index contributed by atoms with van der Waals surface area (Å²) in [6, 6.07) is 1.40. The standard InChI is InChI=1S/C14H30N2/c1-11-6-7-12(2)14(10-11)15-13(3)8-9-16(4)5/h11-15H,6-10H2,1-5H3. The van der Waals surface area contributed by atoms with E-state index in [4.69, 9.17) is 0 Å². The van der Waals surface area contributed by atoms with Crippen LogP contribution < -0.4 is 5.32 Å². The van der Waals surface area contributed by atoms with Gasteiger partial charge in [-0.25, -0.2) is 0 Å². The van der Waals surface area contributed by atoms with Crippen LogP contribution in [-0.2, 0) is 0 Å². The third-order valence-corrected chi connectivity index (χ3v) is 3.97. The second kappa shape index (κ2) is 6.61. The van der Waals surface area contributed by atoms with Crippen LogP contribution in [0.3, 0.4) is 0 Å². The van der Waals surface area contributed by atoms with Gasteiger partial charge in [0.05, 0.1) is 0 Å². The van der Waals surface area contributed by atoms with Crippen molar-refractivity contribution in [3.8, 4) is 0 Å². The largest absolute Gasteiger partial charge is 0.311 e. The summed E-state index contributed by atoms with van der Waals surface area (Å²) in [5, 5.41) is 3.83. The fraction of sp³-hybridized carbons (Fsp3) is 1.00. The first-order valence-electron chi connectivity index (χ1n) is 6.89. The monoisotopic (exact) mass is 226 g/mol. The molecule has 1 fully saturated rings. The molecule has 0 aromatic heterocycles. The van der Waals surface area contributed by atoms with Gasteiger partial charge in [0.1, 0.15) is 0 Å². The lowest BCUT2D eigenvalue weighted by atomic mass is 9.80. The molecule has 4 atom stereocenters. The van der Waals surface area contributed by atoms with E-state index in [2.05, 4.69) is 45.1 Å². The van der Waals surface area contributed by atoms with Crippen molar-refractivity contribution in [3.05, 3.63) is 0 Å². The minimum Gasteiger partial charge on any atom is -0.311 e. The molecule has 0 aromatic carbocycles. The molecule has 1 rings (SSSR count). The van der Waals surface area contributed by atoms with Crippen molar-refractivity contribution in [1.82, 2.24) is 10.2 Å². The van der Waals surface area contributed by atoms with E-state index < -0.39 is 0 Å². The first-order valence-corrected chi connectivity index (χ1v) is 6.89. The fourth-order valence-corrected chi connectivity index (χ4v) is 2.67. The second-order valence-electron chi connectivity index (χ2n) is 6.16. The highest BCUT2D eigenvalue weighted by Crippen LogP contribution is 2.28. The molecule has 1 saturated carbocycles. The van der Waals surface area contributed by atoms with Gasteiger partial charge in [0.25, 0.3) is 0 Å². The van der Waals surface area contributed by atoms with Crippen LogP contribution >= 0.6 is 0 Å². The highest BCUT2D eigenvalue weighted by Gasteiger charge is 2.26. The highest BCUT2D eigenvalue weighted by atomic mass is 15.1. The maximum absolute atomic E-state index is 3.83. The summed E-state index contributed by atoms with van der Waals surface area (Å²) in [6.45, 7) is 8.31. The Morgan fingerprint density at radius 3 is 2.56 bits per heavy atom. The third-order valence-electron chi connectivity index (χ3n) is 3.97. The summed E-state index contributed by atoms with van der Waals surface area (Å²) in [5.41, 5.74) is 0. The molecule has 96 valence electrons. The molecule has 2 nitrogen and oxygen atoms in total. The Kier molecular flexibility index (Phi) is 5.77. The van der Waals surface area contributed by atoms with Crippen LogP contribution in [0.15, 0.2) is 0 Å². The zero-order chi connectivity index (χ0) is 12.1. The maximum atomic E-state index is 3.83. The number of hydrogen-bond donors (Lipinski definition) is 1. The van der Waals surface area contributed by atoms with Gasteiger partial charge < -0.3 is 10.2 Å². The van der Waals surface area contributed by atoms with Crippen molar-refractivity contribution in [3.63, 3.8) is 0 Å². The van der Waals surface area contributed by atoms with Gasteiger partial charge in [0.15, 0.2) is 0 Å². The predicted octanol–water partition coefficient (Wildman–Crippen LogP) is 2.74. The van der Waals surface area contributed by atoms with Gasteiger partial charge in [-0.3, -0.25) is 0 Å². The first kappa shape index (κ1) is 14.0. The Hall–Kier alpha value is -0.0800. The molecule has 1 N–H and O–H groups in total. The average molecular weight is 226 g/mol. The molecule has 0 heterocycles. The predicted molar refractivity (Wildman–Crippen MR) is 71.7 cm³/mol. The molecule has 16 heavy (non-hydrogen) atoms. The first-order chi connectivity index (χ1) is 7.49. The summed E-state index contributed by atoms with van der Waals surface area (Å²) in [5.74, 6) is 1.77. The second-order valence-corrected chi connectivity index (χ2v) is 6.16. The van der Waals surface area contributed by atoms with Crippen molar-refractivity contribution in [2.45, 2.75) is 58.5 Å². The quantitative estimate of drug-likeness (QED) is 0.775. The molecule has 2 heteroatoms. The molecule has 1 aliphatic carbocycles. The summed E-state index contributed by atoms with van der Waals surface area (Å²) in [7, 11) is 4.30. The lowest BCUT2D eigenvalue weighted by molar-refractivity contribution is 0.209. The molecule has 4 unspecified atom stereocenters. The number of hydrogen-bond acceptors (Lipinski definition) is 2. The molecular formula is C14H30N2. The molecule has 1 aliphatic rings. The van der Waals surface area contributed by atoms with E-state index in [1.54, 1.807) is 0 Å². The summed E-state index contributed by atoms with van der Waals surface area (Å²) < 4.78 is 0. The molecule has 0 radical (unpaired) electrons. The van der Waals surface area contributed by atoms with E-state index in [0.29, 0.717) is 6.04 Å². The minimum absolute atomic E-state index is 0.653. The summed E-state index contributed by atoms with van der Waals surface area (Å²) >= 11 is 0. The zero-order valence-corrected chi connectivity index (χ0v) is 11.8. The number of nitrogens with one attached hydrogen (secondary N) is 1. The Morgan fingerprint density at radius 1 is 1.25 bits per heavy atom. The van der Waals surface area contributed by atoms with E-state index in [-0.39, 0.29) is 0 Å². The lowest BCUT2D eigenvalue weighted by Gasteiger charge is -2.35. The van der Waals surface area contributed by atoms with Crippen LogP contribution in [0.5, 0.6) is 0 Å². The molecule has 0 aromatic rings. The number of rotatable bonds is 5. The molecule has 0 aliphatic heterocycles. The molecule has 0 bridgehead atoms. The Morgan fingerprint density at radius 2 is 1.94 bits per heavy atom. The molecule has 0 spiro atoms. The normalized spacial score (nSPS) is 33.0. The van der Waals surface area contributed by atoms with Crippen molar-refractivity contribution in [1.29, 1.82) is 0 Å². The van der Waals surface area contributed by atoms with E-state index in [0.717, 1.165) is 17.9 Å². The van der Waals surface area contributed by atoms with Crippen molar-refractivity contribution in [2.24, 2.45) is 11.8 Å². The maximum Gasteiger partial charge on any atom is 0.00977 e. The van der Waals surface area contributed by atoms with Crippen LogP contribution in [0.25, 0.3) is 0 Å². The third kappa shape index (κ3) is 4.84. The summed E-state index contributed by atoms with van der Waals surface area (Å²) in [4.78, 5) is 2.27. The van der Waals surface area contributed by atoms with Crippen LogP contribution in [0.1, 0.15) is 46.5 Å². The van der Waals surface area contributed by atoms with Crippen LogP contribution in [0, 0.1) is 11.8 Å². The van der Waals surface area contributed by atoms with E-state index in [9.17, 15) is 0 Å². The lowest BCUT2D eigenvalue weighted by Crippen LogP contribution is -2.44. The van der Waals surface area contributed by atoms with Crippen molar-refractivity contribution >= 4 is 0 Å². The van der Waals surface area contributed by atoms with Gasteiger partial charge in [-0.05, 0) is 58.7 Å². The average Bonchev–Trinajstić information content (AvgIpc) is 2.20. The minimum atomic E-state index is 0.653. The van der Waals surface area contributed by atoms with Crippen LogP contribution in [0.2, 0.25) is 0 Å². The smallest absolute Gasteiger partial charge is 0.00977 e. The topological polar surface area (TPSA) is 15.3 Å². The van der Waals surface area contributed by atoms with Crippen LogP contribution in [0.4, 0.5) is 0 Å². The Labute approximate surface area is 102 Å². The fourth-order valence-electron chi connectivity index (χ4n) is 2.67. The zero-order valence-electron chi connectivity index (χ0n) is 11.8. The van der Waals surface area contributed by atoms with Gasteiger partial charge in [0.2, 0.25) is 0 Å². The van der Waals surface area contributed by atoms with E-state index in [1.807, 2.05) is 0 Å². The van der Waals surface area contributed by atoms with Gasteiger partial charge >= 0.3 is 0 Å². The molecular weight excluding hydrogens is 196 g/mol. The van der Waals surface area contributed by atoms with Crippen molar-refractivity contribution < 1.29 is 0 Å². The van der Waals surface area contributed by atoms with Crippen molar-refractivity contribution in [2.75, 3.05) is 20.6 Å². The molecule has 0 saturated heterocycles. The SMILES string of the molecule is CC1CCC(C)C(NC(C)CCN(C)C)C1. The summed E-state index contributed by atoms with van der Waals surface area (Å²) in [6.07, 6.45) is 5.45.